The van der Waals surface area contributed by atoms with Crippen molar-refractivity contribution in [1.82, 2.24) is 0 Å². The summed E-state index contributed by atoms with van der Waals surface area (Å²) in [5, 5.41) is 2.02. The van der Waals surface area contributed by atoms with E-state index in [1.165, 1.54) is 0 Å². The normalized spacial score (nSPS) is 10.6. The average molecular weight is 165 g/mol. The van der Waals surface area contributed by atoms with Crippen LogP contribution in [0.5, 0.6) is 0 Å². The molecule has 0 bridgehead atoms. The number of allylic oxidation sites excluding steroid dienone is 1. The maximum atomic E-state index is 5.71. The summed E-state index contributed by atoms with van der Waals surface area (Å²) in [7, 11) is 0. The van der Waals surface area contributed by atoms with Crippen LogP contribution >= 0.6 is 11.8 Å². The van der Waals surface area contributed by atoms with Crippen molar-refractivity contribution in [3.05, 3.63) is 35.7 Å². The van der Waals surface area contributed by atoms with Crippen LogP contribution in [0.1, 0.15) is 6.92 Å². The quantitative estimate of drug-likeness (QED) is 0.538. The largest absolute Gasteiger partial charge is 0.398 e. The van der Waals surface area contributed by atoms with Crippen LogP contribution in [0.25, 0.3) is 0 Å². The SMILES string of the molecule is CC=CSc1ccccc1N. The number of nitrogens with two attached hydrogens (primary N) is 1. The van der Waals surface area contributed by atoms with E-state index in [4.69, 9.17) is 5.73 Å². The summed E-state index contributed by atoms with van der Waals surface area (Å²) in [4.78, 5) is 1.12. The lowest BCUT2D eigenvalue weighted by atomic mass is 10.3. The van der Waals surface area contributed by atoms with Gasteiger partial charge in [0, 0.05) is 10.6 Å². The number of thioether (sulfide) groups is 1. The van der Waals surface area contributed by atoms with Gasteiger partial charge in [-0.25, -0.2) is 0 Å². The van der Waals surface area contributed by atoms with Gasteiger partial charge < -0.3 is 5.73 Å². The van der Waals surface area contributed by atoms with Crippen molar-refractivity contribution in [2.75, 3.05) is 5.73 Å². The van der Waals surface area contributed by atoms with E-state index in [0.29, 0.717) is 0 Å². The minimum absolute atomic E-state index is 0.843. The first-order valence-electron chi connectivity index (χ1n) is 3.47. The molecular weight excluding hydrogens is 154 g/mol. The summed E-state index contributed by atoms with van der Waals surface area (Å²) in [6.45, 7) is 1.99. The number of para-hydroxylation sites is 1. The van der Waals surface area contributed by atoms with Crippen molar-refractivity contribution in [3.63, 3.8) is 0 Å². The molecule has 2 heteroatoms. The molecule has 0 amide bonds. The topological polar surface area (TPSA) is 26.0 Å². The fraction of sp³-hybridized carbons (Fsp3) is 0.111. The van der Waals surface area contributed by atoms with Crippen molar-refractivity contribution in [2.24, 2.45) is 0 Å². The molecule has 11 heavy (non-hydrogen) atoms. The van der Waals surface area contributed by atoms with Crippen LogP contribution in [-0.4, -0.2) is 0 Å². The Morgan fingerprint density at radius 2 is 2.09 bits per heavy atom. The molecule has 0 saturated carbocycles. The number of hydrogen-bond acceptors (Lipinski definition) is 2. The molecule has 0 saturated heterocycles. The van der Waals surface area contributed by atoms with Gasteiger partial charge >= 0.3 is 0 Å². The third-order valence-corrected chi connectivity index (χ3v) is 2.28. The van der Waals surface area contributed by atoms with Gasteiger partial charge in [-0.3, -0.25) is 0 Å². The van der Waals surface area contributed by atoms with Crippen molar-refractivity contribution < 1.29 is 0 Å². The second-order valence-electron chi connectivity index (χ2n) is 2.13. The maximum absolute atomic E-state index is 5.71. The van der Waals surface area contributed by atoms with E-state index in [1.807, 2.05) is 42.7 Å². The van der Waals surface area contributed by atoms with Crippen LogP contribution in [0, 0.1) is 0 Å². The van der Waals surface area contributed by atoms with Crippen molar-refractivity contribution in [1.29, 1.82) is 0 Å². The molecule has 1 aromatic rings. The standard InChI is InChI=1S/C9H11NS/c1-2-7-11-9-6-4-3-5-8(9)10/h2-7H,10H2,1H3. The smallest absolute Gasteiger partial charge is 0.0455 e. The Bertz CT molecular complexity index is 255. The summed E-state index contributed by atoms with van der Waals surface area (Å²) < 4.78 is 0. The highest BCUT2D eigenvalue weighted by atomic mass is 32.2. The third-order valence-electron chi connectivity index (χ3n) is 1.25. The highest BCUT2D eigenvalue weighted by Gasteiger charge is 1.93. The molecule has 1 rings (SSSR count). The monoisotopic (exact) mass is 165 g/mol. The van der Waals surface area contributed by atoms with E-state index in [0.717, 1.165) is 10.6 Å². The Morgan fingerprint density at radius 3 is 2.73 bits per heavy atom. The first-order valence-corrected chi connectivity index (χ1v) is 4.35. The van der Waals surface area contributed by atoms with Crippen LogP contribution in [0.4, 0.5) is 5.69 Å². The van der Waals surface area contributed by atoms with Crippen LogP contribution in [0.3, 0.4) is 0 Å². The van der Waals surface area contributed by atoms with Crippen molar-refractivity contribution in [2.45, 2.75) is 11.8 Å². The lowest BCUT2D eigenvalue weighted by molar-refractivity contribution is 1.47. The number of rotatable bonds is 2. The van der Waals surface area contributed by atoms with Crippen molar-refractivity contribution in [3.8, 4) is 0 Å². The van der Waals surface area contributed by atoms with Gasteiger partial charge in [-0.2, -0.15) is 0 Å². The molecule has 1 nitrogen and oxygen atoms in total. The summed E-state index contributed by atoms with van der Waals surface area (Å²) in [6, 6.07) is 7.85. The zero-order chi connectivity index (χ0) is 8.10. The number of hydrogen-bond donors (Lipinski definition) is 1. The molecular formula is C9H11NS. The molecule has 0 radical (unpaired) electrons. The number of benzene rings is 1. The van der Waals surface area contributed by atoms with Gasteiger partial charge in [0.25, 0.3) is 0 Å². The molecule has 0 atom stereocenters. The highest BCUT2D eigenvalue weighted by Crippen LogP contribution is 2.24. The van der Waals surface area contributed by atoms with Gasteiger partial charge in [0.1, 0.15) is 0 Å². The second kappa shape index (κ2) is 4.09. The predicted molar refractivity (Wildman–Crippen MR) is 51.5 cm³/mol. The zero-order valence-electron chi connectivity index (χ0n) is 6.45. The molecule has 0 aromatic heterocycles. The Morgan fingerprint density at radius 1 is 1.36 bits per heavy atom. The molecule has 0 spiro atoms. The zero-order valence-corrected chi connectivity index (χ0v) is 7.27. The van der Waals surface area contributed by atoms with Gasteiger partial charge in [0.05, 0.1) is 0 Å². The Hall–Kier alpha value is -0.890. The Balaban J connectivity index is 2.77. The van der Waals surface area contributed by atoms with Crippen LogP contribution in [0.2, 0.25) is 0 Å². The van der Waals surface area contributed by atoms with Gasteiger partial charge in [-0.15, -0.1) is 0 Å². The van der Waals surface area contributed by atoms with Gasteiger partial charge in [-0.05, 0) is 24.5 Å². The summed E-state index contributed by atoms with van der Waals surface area (Å²) in [5.74, 6) is 0. The second-order valence-corrected chi connectivity index (χ2v) is 3.07. The average Bonchev–Trinajstić information content (AvgIpc) is 2.03. The molecule has 1 aromatic carbocycles. The number of nitrogen functional groups attached to an aromatic ring is 1. The Labute approximate surface area is 71.3 Å². The van der Waals surface area contributed by atoms with Crippen LogP contribution in [-0.2, 0) is 0 Å². The molecule has 0 unspecified atom stereocenters. The van der Waals surface area contributed by atoms with Gasteiger partial charge in [0.2, 0.25) is 0 Å². The molecule has 0 aliphatic heterocycles. The highest BCUT2D eigenvalue weighted by molar-refractivity contribution is 8.02. The minimum Gasteiger partial charge on any atom is -0.398 e. The molecule has 0 aliphatic rings. The van der Waals surface area contributed by atoms with E-state index in [9.17, 15) is 0 Å². The fourth-order valence-electron chi connectivity index (χ4n) is 0.729. The van der Waals surface area contributed by atoms with Gasteiger partial charge in [-0.1, -0.05) is 30.0 Å². The van der Waals surface area contributed by atoms with Gasteiger partial charge in [0.15, 0.2) is 0 Å². The van der Waals surface area contributed by atoms with E-state index in [2.05, 4.69) is 0 Å². The molecule has 0 aliphatic carbocycles. The molecule has 58 valence electrons. The summed E-state index contributed by atoms with van der Waals surface area (Å²) in [5.41, 5.74) is 6.55. The third kappa shape index (κ3) is 2.31. The maximum Gasteiger partial charge on any atom is 0.0455 e. The van der Waals surface area contributed by atoms with Crippen LogP contribution in [0.15, 0.2) is 40.6 Å². The first-order chi connectivity index (χ1) is 5.34. The van der Waals surface area contributed by atoms with Crippen LogP contribution < -0.4 is 5.73 Å². The first kappa shape index (κ1) is 8.21. The summed E-state index contributed by atoms with van der Waals surface area (Å²) >= 11 is 1.64. The van der Waals surface area contributed by atoms with E-state index < -0.39 is 0 Å². The minimum atomic E-state index is 0.843. The lowest BCUT2D eigenvalue weighted by Gasteiger charge is -1.99. The van der Waals surface area contributed by atoms with E-state index in [-0.39, 0.29) is 0 Å². The molecule has 0 fully saturated rings. The lowest BCUT2D eigenvalue weighted by Crippen LogP contribution is -1.85. The summed E-state index contributed by atoms with van der Waals surface area (Å²) in [6.07, 6.45) is 2.00. The molecule has 0 heterocycles. The fourth-order valence-corrected chi connectivity index (χ4v) is 1.37. The van der Waals surface area contributed by atoms with Crippen molar-refractivity contribution >= 4 is 17.4 Å². The Kier molecular flexibility index (Phi) is 3.05. The van der Waals surface area contributed by atoms with E-state index >= 15 is 0 Å². The number of anilines is 1. The molecule has 2 N–H and O–H groups in total. The predicted octanol–water partition coefficient (Wildman–Crippen LogP) is 2.89. The van der Waals surface area contributed by atoms with E-state index in [1.54, 1.807) is 11.8 Å².